The second-order valence-corrected chi connectivity index (χ2v) is 5.41. The quantitative estimate of drug-likeness (QED) is 0.415. The van der Waals surface area contributed by atoms with Gasteiger partial charge in [-0.2, -0.15) is 5.26 Å². The summed E-state index contributed by atoms with van der Waals surface area (Å²) in [5, 5.41) is 20.9. The van der Waals surface area contributed by atoms with E-state index in [9.17, 15) is 15.4 Å². The molecule has 0 bridgehead atoms. The van der Waals surface area contributed by atoms with Crippen molar-refractivity contribution in [3.8, 4) is 17.3 Å². The summed E-state index contributed by atoms with van der Waals surface area (Å²) in [4.78, 5) is 11.4. The van der Waals surface area contributed by atoms with Gasteiger partial charge in [-0.15, -0.1) is 11.8 Å². The zero-order valence-corrected chi connectivity index (χ0v) is 12.5. The van der Waals surface area contributed by atoms with E-state index in [4.69, 9.17) is 0 Å². The summed E-state index contributed by atoms with van der Waals surface area (Å²) in [5.41, 5.74) is 2.39. The number of benzene rings is 1. The largest absolute Gasteiger partial charge is 0.309 e. The van der Waals surface area contributed by atoms with Crippen molar-refractivity contribution in [3.63, 3.8) is 0 Å². The normalized spacial score (nSPS) is 10.5. The number of hydrogen-bond acceptors (Lipinski definition) is 4. The third-order valence-electron chi connectivity index (χ3n) is 3.45. The van der Waals surface area contributed by atoms with Crippen molar-refractivity contribution in [1.82, 2.24) is 4.40 Å². The first-order valence-electron chi connectivity index (χ1n) is 6.50. The Morgan fingerprint density at radius 1 is 1.18 bits per heavy atom. The molecular formula is C16H11N3O2S. The molecule has 0 aliphatic heterocycles. The second-order valence-electron chi connectivity index (χ2n) is 4.60. The van der Waals surface area contributed by atoms with Crippen LogP contribution in [0, 0.1) is 21.4 Å². The molecule has 2 heterocycles. The molecule has 0 amide bonds. The molecule has 108 valence electrons. The molecule has 0 unspecified atom stereocenters. The molecule has 0 N–H and O–H groups in total. The SMILES string of the molecule is CSc1c([N+](=O)[O-])c2cccc(-c3ccccc3)n2c1C#N. The lowest BCUT2D eigenvalue weighted by Gasteiger charge is -2.06. The van der Waals surface area contributed by atoms with E-state index in [1.165, 1.54) is 11.8 Å². The highest BCUT2D eigenvalue weighted by Gasteiger charge is 2.27. The summed E-state index contributed by atoms with van der Waals surface area (Å²) in [6.45, 7) is 0. The van der Waals surface area contributed by atoms with Crippen LogP contribution in [0.2, 0.25) is 0 Å². The molecule has 2 aromatic heterocycles. The number of pyridine rings is 1. The minimum atomic E-state index is -0.420. The van der Waals surface area contributed by atoms with Crippen molar-refractivity contribution in [2.24, 2.45) is 0 Å². The van der Waals surface area contributed by atoms with Crippen molar-refractivity contribution in [3.05, 3.63) is 64.3 Å². The summed E-state index contributed by atoms with van der Waals surface area (Å²) in [6.07, 6.45) is 1.74. The monoisotopic (exact) mass is 309 g/mol. The average Bonchev–Trinajstić information content (AvgIpc) is 2.89. The van der Waals surface area contributed by atoms with Gasteiger partial charge in [-0.1, -0.05) is 36.4 Å². The first kappa shape index (κ1) is 14.2. The van der Waals surface area contributed by atoms with Gasteiger partial charge < -0.3 is 0 Å². The zero-order valence-electron chi connectivity index (χ0n) is 11.7. The summed E-state index contributed by atoms with van der Waals surface area (Å²) in [5.74, 6) is 0. The number of thioether (sulfide) groups is 1. The second kappa shape index (κ2) is 5.54. The Bertz CT molecular complexity index is 911. The van der Waals surface area contributed by atoms with Crippen LogP contribution in [0.5, 0.6) is 0 Å². The summed E-state index contributed by atoms with van der Waals surface area (Å²) in [7, 11) is 0. The highest BCUT2D eigenvalue weighted by molar-refractivity contribution is 7.98. The number of nitriles is 1. The molecular weight excluding hydrogens is 298 g/mol. The Balaban J connectivity index is 2.48. The standard InChI is InChI=1S/C16H11N3O2S/c1-22-16-14(10-17)18-12(11-6-3-2-4-7-11)8-5-9-13(18)15(16)19(20)21/h2-9H,1H3. The molecule has 0 aliphatic rings. The van der Waals surface area contributed by atoms with E-state index < -0.39 is 4.92 Å². The fourth-order valence-corrected chi connectivity index (χ4v) is 3.27. The Morgan fingerprint density at radius 3 is 2.50 bits per heavy atom. The van der Waals surface area contributed by atoms with Crippen LogP contribution in [0.4, 0.5) is 5.69 Å². The molecule has 0 spiro atoms. The molecule has 1 aromatic carbocycles. The van der Waals surface area contributed by atoms with Crippen LogP contribution in [0.1, 0.15) is 5.69 Å². The van der Waals surface area contributed by atoms with Crippen LogP contribution in [-0.2, 0) is 0 Å². The van der Waals surface area contributed by atoms with Gasteiger partial charge >= 0.3 is 5.69 Å². The molecule has 3 rings (SSSR count). The third kappa shape index (κ3) is 2.03. The summed E-state index contributed by atoms with van der Waals surface area (Å²) >= 11 is 1.22. The van der Waals surface area contributed by atoms with Crippen molar-refractivity contribution >= 4 is 23.0 Å². The molecule has 5 nitrogen and oxygen atoms in total. The van der Waals surface area contributed by atoms with Crippen LogP contribution in [-0.4, -0.2) is 15.6 Å². The lowest BCUT2D eigenvalue weighted by molar-refractivity contribution is -0.385. The maximum Gasteiger partial charge on any atom is 0.309 e. The minimum Gasteiger partial charge on any atom is -0.293 e. The number of aromatic nitrogens is 1. The van der Waals surface area contributed by atoms with Gasteiger partial charge in [0.25, 0.3) is 0 Å². The molecule has 0 saturated heterocycles. The van der Waals surface area contributed by atoms with Gasteiger partial charge in [-0.05, 0) is 24.0 Å². The maximum absolute atomic E-state index is 11.4. The van der Waals surface area contributed by atoms with Gasteiger partial charge in [0.15, 0.2) is 0 Å². The topological polar surface area (TPSA) is 71.3 Å². The third-order valence-corrected chi connectivity index (χ3v) is 4.24. The number of rotatable bonds is 3. The van der Waals surface area contributed by atoms with E-state index in [2.05, 4.69) is 6.07 Å². The fraction of sp³-hybridized carbons (Fsp3) is 0.0625. The van der Waals surface area contributed by atoms with Gasteiger partial charge in [-0.3, -0.25) is 14.5 Å². The molecule has 0 saturated carbocycles. The Morgan fingerprint density at radius 2 is 1.91 bits per heavy atom. The minimum absolute atomic E-state index is 0.0122. The van der Waals surface area contributed by atoms with Crippen molar-refractivity contribution < 1.29 is 4.92 Å². The summed E-state index contributed by atoms with van der Waals surface area (Å²) < 4.78 is 1.67. The number of nitro groups is 1. The molecule has 0 radical (unpaired) electrons. The lowest BCUT2D eigenvalue weighted by atomic mass is 10.1. The molecule has 0 fully saturated rings. The first-order valence-corrected chi connectivity index (χ1v) is 7.73. The number of hydrogen-bond donors (Lipinski definition) is 0. The Kier molecular flexibility index (Phi) is 3.57. The molecule has 3 aromatic rings. The predicted octanol–water partition coefficient (Wildman–Crippen LogP) is 4.11. The van der Waals surface area contributed by atoms with Crippen LogP contribution in [0.15, 0.2) is 53.4 Å². The van der Waals surface area contributed by atoms with Crippen LogP contribution >= 0.6 is 11.8 Å². The van der Waals surface area contributed by atoms with E-state index in [1.807, 2.05) is 36.4 Å². The van der Waals surface area contributed by atoms with Crippen molar-refractivity contribution in [2.75, 3.05) is 6.26 Å². The van der Waals surface area contributed by atoms with Gasteiger partial charge in [0.05, 0.1) is 10.6 Å². The smallest absolute Gasteiger partial charge is 0.293 e. The van der Waals surface area contributed by atoms with Crippen molar-refractivity contribution in [2.45, 2.75) is 4.90 Å². The van der Waals surface area contributed by atoms with Gasteiger partial charge in [-0.25, -0.2) is 0 Å². The van der Waals surface area contributed by atoms with E-state index in [1.54, 1.807) is 22.8 Å². The van der Waals surface area contributed by atoms with Crippen molar-refractivity contribution in [1.29, 1.82) is 5.26 Å². The van der Waals surface area contributed by atoms with Crippen LogP contribution in [0.3, 0.4) is 0 Å². The molecule has 6 heteroatoms. The first-order chi connectivity index (χ1) is 10.7. The fourth-order valence-electron chi connectivity index (χ4n) is 2.57. The van der Waals surface area contributed by atoms with E-state index >= 15 is 0 Å². The van der Waals surface area contributed by atoms with E-state index in [0.717, 1.165) is 11.3 Å². The lowest BCUT2D eigenvalue weighted by Crippen LogP contribution is -1.94. The highest BCUT2D eigenvalue weighted by atomic mass is 32.2. The molecule has 0 aliphatic carbocycles. The van der Waals surface area contributed by atoms with Gasteiger partial charge in [0, 0.05) is 0 Å². The van der Waals surface area contributed by atoms with E-state index in [-0.39, 0.29) is 5.69 Å². The van der Waals surface area contributed by atoms with Crippen LogP contribution < -0.4 is 0 Å². The number of nitrogens with zero attached hydrogens (tertiary/aromatic N) is 3. The van der Waals surface area contributed by atoms with Gasteiger partial charge in [0.1, 0.15) is 22.2 Å². The average molecular weight is 309 g/mol. The Labute approximate surface area is 131 Å². The predicted molar refractivity (Wildman–Crippen MR) is 86.0 cm³/mol. The van der Waals surface area contributed by atoms with E-state index in [0.29, 0.717) is 16.1 Å². The maximum atomic E-state index is 11.4. The van der Waals surface area contributed by atoms with Gasteiger partial charge in [0.2, 0.25) is 0 Å². The Hall–Kier alpha value is -2.78. The summed E-state index contributed by atoms with van der Waals surface area (Å²) in [6, 6.07) is 16.9. The number of fused-ring (bicyclic) bond motifs is 1. The molecule has 0 atom stereocenters. The van der Waals surface area contributed by atoms with Crippen LogP contribution in [0.25, 0.3) is 16.8 Å². The zero-order chi connectivity index (χ0) is 15.7. The molecule has 22 heavy (non-hydrogen) atoms. The highest BCUT2D eigenvalue weighted by Crippen LogP contribution is 2.39.